The number of hydrogen-bond donors (Lipinski definition) is 2. The van der Waals surface area contributed by atoms with E-state index in [1.54, 1.807) is 6.20 Å². The molecule has 0 radical (unpaired) electrons. The third-order valence-electron chi connectivity index (χ3n) is 0.956. The van der Waals surface area contributed by atoms with E-state index in [0.717, 1.165) is 11.5 Å². The number of hydrogen-bond acceptors (Lipinski definition) is 2. The average Bonchev–Trinajstić information content (AvgIpc) is 2.17. The summed E-state index contributed by atoms with van der Waals surface area (Å²) >= 11 is 0. The fourth-order valence-electron chi connectivity index (χ4n) is 0.597. The Labute approximate surface area is 53.8 Å². The summed E-state index contributed by atoms with van der Waals surface area (Å²) in [5, 5.41) is 9.54. The normalized spacial score (nSPS) is 9.00. The van der Waals surface area contributed by atoms with Crippen molar-refractivity contribution in [2.45, 2.75) is 6.92 Å². The Bertz CT molecular complexity index is 202. The molecule has 0 saturated carbocycles. The van der Waals surface area contributed by atoms with Gasteiger partial charge in [-0.3, -0.25) is 5.10 Å². The Morgan fingerprint density at radius 2 is 2.67 bits per heavy atom. The van der Waals surface area contributed by atoms with Gasteiger partial charge in [-0.1, -0.05) is 6.58 Å². The van der Waals surface area contributed by atoms with Gasteiger partial charge in [-0.2, -0.15) is 5.10 Å². The van der Waals surface area contributed by atoms with Crippen molar-refractivity contribution >= 4 is 5.82 Å². The second kappa shape index (κ2) is 2.35. The molecule has 9 heavy (non-hydrogen) atoms. The van der Waals surface area contributed by atoms with E-state index in [1.807, 2.05) is 13.0 Å². The zero-order chi connectivity index (χ0) is 6.69. The molecule has 0 atom stereocenters. The maximum Gasteiger partial charge on any atom is 0.151 e. The van der Waals surface area contributed by atoms with Crippen LogP contribution in [0.25, 0.3) is 0 Å². The molecule has 2 N–H and O–H groups in total. The smallest absolute Gasteiger partial charge is 0.151 e. The molecule has 1 heterocycles. The molecule has 0 saturated heterocycles. The Balaban J connectivity index is 2.72. The third kappa shape index (κ3) is 1.32. The summed E-state index contributed by atoms with van der Waals surface area (Å²) < 4.78 is 0. The molecule has 1 rings (SSSR count). The van der Waals surface area contributed by atoms with Crippen LogP contribution < -0.4 is 5.32 Å². The number of nitrogens with one attached hydrogen (secondary N) is 2. The highest BCUT2D eigenvalue weighted by Gasteiger charge is 1.90. The van der Waals surface area contributed by atoms with E-state index in [4.69, 9.17) is 0 Å². The number of aryl methyl sites for hydroxylation is 1. The Morgan fingerprint density at radius 3 is 3.11 bits per heavy atom. The Hall–Kier alpha value is -1.25. The molecular formula is C6H9N3. The van der Waals surface area contributed by atoms with Crippen LogP contribution >= 0.6 is 0 Å². The first-order chi connectivity index (χ1) is 4.33. The zero-order valence-corrected chi connectivity index (χ0v) is 5.31. The van der Waals surface area contributed by atoms with E-state index in [0.29, 0.717) is 0 Å². The van der Waals surface area contributed by atoms with E-state index in [9.17, 15) is 0 Å². The van der Waals surface area contributed by atoms with E-state index < -0.39 is 0 Å². The largest absolute Gasteiger partial charge is 0.346 e. The summed E-state index contributed by atoms with van der Waals surface area (Å²) in [6, 6.07) is 1.90. The monoisotopic (exact) mass is 123 g/mol. The summed E-state index contributed by atoms with van der Waals surface area (Å²) in [7, 11) is 0. The first kappa shape index (κ1) is 5.88. The molecule has 0 aliphatic rings. The number of nitrogens with zero attached hydrogens (tertiary/aromatic N) is 1. The van der Waals surface area contributed by atoms with Gasteiger partial charge in [-0.25, -0.2) is 0 Å². The van der Waals surface area contributed by atoms with Crippen molar-refractivity contribution in [2.24, 2.45) is 0 Å². The molecule has 0 aliphatic heterocycles. The van der Waals surface area contributed by atoms with Gasteiger partial charge in [-0.15, -0.1) is 0 Å². The topological polar surface area (TPSA) is 40.7 Å². The average molecular weight is 123 g/mol. The number of H-pyrrole nitrogens is 1. The molecule has 0 unspecified atom stereocenters. The summed E-state index contributed by atoms with van der Waals surface area (Å²) in [6.07, 6.45) is 1.59. The van der Waals surface area contributed by atoms with Gasteiger partial charge in [0.15, 0.2) is 5.82 Å². The van der Waals surface area contributed by atoms with Crippen LogP contribution in [0.5, 0.6) is 0 Å². The Morgan fingerprint density at radius 1 is 1.89 bits per heavy atom. The van der Waals surface area contributed by atoms with Crippen LogP contribution in [0.15, 0.2) is 18.8 Å². The summed E-state index contributed by atoms with van der Waals surface area (Å²) in [4.78, 5) is 0. The molecule has 0 bridgehead atoms. The number of aromatic amines is 1. The first-order valence-electron chi connectivity index (χ1n) is 2.72. The molecule has 3 nitrogen and oxygen atoms in total. The molecule has 1 aromatic heterocycles. The standard InChI is InChI=1S/C6H9N3/c1-3-7-6-4-5(2)8-9-6/h3-4H,1H2,2H3,(H2,7,8,9). The minimum atomic E-state index is 0.808. The van der Waals surface area contributed by atoms with Crippen LogP contribution in [-0.4, -0.2) is 10.2 Å². The van der Waals surface area contributed by atoms with Crippen LogP contribution in [0.2, 0.25) is 0 Å². The number of rotatable bonds is 2. The quantitative estimate of drug-likeness (QED) is 0.621. The van der Waals surface area contributed by atoms with Crippen molar-refractivity contribution in [1.29, 1.82) is 0 Å². The predicted molar refractivity (Wildman–Crippen MR) is 37.1 cm³/mol. The highest BCUT2D eigenvalue weighted by atomic mass is 15.2. The van der Waals surface area contributed by atoms with E-state index in [2.05, 4.69) is 22.1 Å². The third-order valence-corrected chi connectivity index (χ3v) is 0.956. The minimum Gasteiger partial charge on any atom is -0.346 e. The number of anilines is 1. The lowest BCUT2D eigenvalue weighted by Crippen LogP contribution is -1.84. The maximum absolute atomic E-state index is 3.90. The van der Waals surface area contributed by atoms with Gasteiger partial charge in [0.25, 0.3) is 0 Å². The first-order valence-corrected chi connectivity index (χ1v) is 2.72. The molecule has 3 heteroatoms. The zero-order valence-electron chi connectivity index (χ0n) is 5.31. The van der Waals surface area contributed by atoms with Gasteiger partial charge in [0.2, 0.25) is 0 Å². The fraction of sp³-hybridized carbons (Fsp3) is 0.167. The summed E-state index contributed by atoms with van der Waals surface area (Å²) in [6.45, 7) is 5.45. The van der Waals surface area contributed by atoms with Crippen molar-refractivity contribution < 1.29 is 0 Å². The summed E-state index contributed by atoms with van der Waals surface area (Å²) in [5.74, 6) is 0.808. The van der Waals surface area contributed by atoms with Gasteiger partial charge in [0.1, 0.15) is 0 Å². The van der Waals surface area contributed by atoms with Crippen molar-refractivity contribution in [3.63, 3.8) is 0 Å². The van der Waals surface area contributed by atoms with Crippen molar-refractivity contribution in [1.82, 2.24) is 10.2 Å². The van der Waals surface area contributed by atoms with E-state index in [1.165, 1.54) is 0 Å². The van der Waals surface area contributed by atoms with Gasteiger partial charge >= 0.3 is 0 Å². The highest BCUT2D eigenvalue weighted by Crippen LogP contribution is 2.01. The maximum atomic E-state index is 3.90. The second-order valence-electron chi connectivity index (χ2n) is 1.78. The van der Waals surface area contributed by atoms with Gasteiger partial charge < -0.3 is 5.32 Å². The molecule has 48 valence electrons. The lowest BCUT2D eigenvalue weighted by Gasteiger charge is -1.87. The fourth-order valence-corrected chi connectivity index (χ4v) is 0.597. The molecule has 0 amide bonds. The van der Waals surface area contributed by atoms with Crippen LogP contribution in [0.1, 0.15) is 5.69 Å². The molecule has 0 aromatic carbocycles. The van der Waals surface area contributed by atoms with Gasteiger partial charge in [0, 0.05) is 11.8 Å². The molecule has 0 fully saturated rings. The van der Waals surface area contributed by atoms with Gasteiger partial charge in [0.05, 0.1) is 0 Å². The van der Waals surface area contributed by atoms with Crippen LogP contribution in [0.3, 0.4) is 0 Å². The molecule has 0 spiro atoms. The van der Waals surface area contributed by atoms with Crippen molar-refractivity contribution in [3.05, 3.63) is 24.5 Å². The number of aromatic nitrogens is 2. The minimum absolute atomic E-state index is 0.808. The predicted octanol–water partition coefficient (Wildman–Crippen LogP) is 1.27. The van der Waals surface area contributed by atoms with Crippen molar-refractivity contribution in [3.8, 4) is 0 Å². The van der Waals surface area contributed by atoms with Crippen LogP contribution in [0.4, 0.5) is 5.82 Å². The second-order valence-corrected chi connectivity index (χ2v) is 1.78. The van der Waals surface area contributed by atoms with E-state index >= 15 is 0 Å². The molecular weight excluding hydrogens is 114 g/mol. The van der Waals surface area contributed by atoms with Crippen molar-refractivity contribution in [2.75, 3.05) is 5.32 Å². The lowest BCUT2D eigenvalue weighted by molar-refractivity contribution is 1.05. The highest BCUT2D eigenvalue weighted by molar-refractivity contribution is 5.37. The SMILES string of the molecule is C=CNc1cc(C)[nH]n1. The lowest BCUT2D eigenvalue weighted by atomic mass is 10.5. The van der Waals surface area contributed by atoms with Gasteiger partial charge in [-0.05, 0) is 13.1 Å². The molecule has 0 aliphatic carbocycles. The Kier molecular flexibility index (Phi) is 1.53. The molecule has 1 aromatic rings. The van der Waals surface area contributed by atoms with E-state index in [-0.39, 0.29) is 0 Å². The van der Waals surface area contributed by atoms with Crippen LogP contribution in [0, 0.1) is 6.92 Å². The van der Waals surface area contributed by atoms with Crippen LogP contribution in [-0.2, 0) is 0 Å². The summed E-state index contributed by atoms with van der Waals surface area (Å²) in [5.41, 5.74) is 1.04.